The minimum Gasteiger partial charge on any atom is -0.481 e. The lowest BCUT2D eigenvalue weighted by Gasteiger charge is -2.35. The molecule has 2 N–H and O–H groups in total. The number of hydrogen-bond donors (Lipinski definition) is 2. The summed E-state index contributed by atoms with van der Waals surface area (Å²) < 4.78 is 5.70. The first kappa shape index (κ1) is 23.4. The fraction of sp³-hybridized carbons (Fsp3) is 0.464. The first-order valence-corrected chi connectivity index (χ1v) is 12.6. The number of fused-ring (bicyclic) bond motifs is 3. The van der Waals surface area contributed by atoms with E-state index >= 15 is 0 Å². The second-order valence-corrected chi connectivity index (χ2v) is 10.0. The Bertz CT molecular complexity index is 1070. The molecule has 1 heterocycles. The highest BCUT2D eigenvalue weighted by atomic mass is 16.5. The molecule has 7 nitrogen and oxygen atoms in total. The van der Waals surface area contributed by atoms with E-state index in [4.69, 9.17) is 9.84 Å². The molecule has 1 saturated carbocycles. The van der Waals surface area contributed by atoms with Crippen molar-refractivity contribution in [2.45, 2.75) is 50.5 Å². The van der Waals surface area contributed by atoms with E-state index in [1.807, 2.05) is 24.3 Å². The molecule has 0 bridgehead atoms. The van der Waals surface area contributed by atoms with Gasteiger partial charge in [0, 0.05) is 31.5 Å². The lowest BCUT2D eigenvalue weighted by atomic mass is 9.93. The second kappa shape index (κ2) is 10.1. The summed E-state index contributed by atoms with van der Waals surface area (Å²) in [6.07, 6.45) is 3.61. The molecule has 7 heteroatoms. The zero-order valence-corrected chi connectivity index (χ0v) is 19.8. The van der Waals surface area contributed by atoms with E-state index in [9.17, 15) is 14.4 Å². The Labute approximate surface area is 205 Å². The van der Waals surface area contributed by atoms with Gasteiger partial charge in [0.25, 0.3) is 0 Å². The third-order valence-electron chi connectivity index (χ3n) is 7.77. The van der Waals surface area contributed by atoms with Crippen LogP contribution in [0.1, 0.15) is 55.6 Å². The van der Waals surface area contributed by atoms with Gasteiger partial charge in [-0.2, -0.15) is 0 Å². The molecular formula is C28H32N2O5. The Balaban J connectivity index is 1.19. The largest absolute Gasteiger partial charge is 0.481 e. The average molecular weight is 477 g/mol. The number of nitrogens with one attached hydrogen (secondary N) is 1. The highest BCUT2D eigenvalue weighted by molar-refractivity contribution is 5.81. The summed E-state index contributed by atoms with van der Waals surface area (Å²) in [4.78, 5) is 38.9. The summed E-state index contributed by atoms with van der Waals surface area (Å²) >= 11 is 0. The summed E-state index contributed by atoms with van der Waals surface area (Å²) in [5, 5.41) is 12.1. The maximum atomic E-state index is 13.3. The van der Waals surface area contributed by atoms with E-state index in [2.05, 4.69) is 29.6 Å². The van der Waals surface area contributed by atoms with Crippen molar-refractivity contribution in [1.29, 1.82) is 0 Å². The molecule has 2 fully saturated rings. The Morgan fingerprint density at radius 2 is 1.63 bits per heavy atom. The number of carbonyl (C=O) groups excluding carboxylic acids is 2. The number of carboxylic acid groups (broad SMARTS) is 1. The van der Waals surface area contributed by atoms with Crippen molar-refractivity contribution < 1.29 is 24.2 Å². The Hall–Kier alpha value is -3.35. The second-order valence-electron chi connectivity index (χ2n) is 10.0. The van der Waals surface area contributed by atoms with Crippen LogP contribution in [-0.4, -0.2) is 53.7 Å². The molecule has 0 aromatic heterocycles. The minimum absolute atomic E-state index is 0.000134. The van der Waals surface area contributed by atoms with Gasteiger partial charge in [-0.3, -0.25) is 9.59 Å². The van der Waals surface area contributed by atoms with E-state index < -0.39 is 12.1 Å². The summed E-state index contributed by atoms with van der Waals surface area (Å²) in [6, 6.07) is 16.2. The van der Waals surface area contributed by atoms with Gasteiger partial charge in [-0.1, -0.05) is 55.0 Å². The molecule has 2 amide bonds. The maximum absolute atomic E-state index is 13.3. The lowest BCUT2D eigenvalue weighted by Crippen LogP contribution is -2.48. The van der Waals surface area contributed by atoms with Crippen molar-refractivity contribution in [3.8, 4) is 11.1 Å². The van der Waals surface area contributed by atoms with Gasteiger partial charge in [0.15, 0.2) is 0 Å². The molecule has 35 heavy (non-hydrogen) atoms. The minimum atomic E-state index is -0.819. The Morgan fingerprint density at radius 1 is 0.943 bits per heavy atom. The number of rotatable bonds is 6. The third kappa shape index (κ3) is 4.90. The average Bonchev–Trinajstić information content (AvgIpc) is 3.44. The number of aliphatic carboxylic acids is 1. The van der Waals surface area contributed by atoms with Crippen LogP contribution in [0, 0.1) is 11.8 Å². The maximum Gasteiger partial charge on any atom is 0.407 e. The van der Waals surface area contributed by atoms with Crippen molar-refractivity contribution in [2.75, 3.05) is 19.7 Å². The van der Waals surface area contributed by atoms with Crippen molar-refractivity contribution in [2.24, 2.45) is 11.8 Å². The fourth-order valence-corrected chi connectivity index (χ4v) is 6.13. The van der Waals surface area contributed by atoms with Crippen LogP contribution in [0.5, 0.6) is 0 Å². The molecule has 5 rings (SSSR count). The van der Waals surface area contributed by atoms with Gasteiger partial charge in [0.1, 0.15) is 6.61 Å². The monoisotopic (exact) mass is 476 g/mol. The van der Waals surface area contributed by atoms with E-state index in [-0.39, 0.29) is 42.7 Å². The summed E-state index contributed by atoms with van der Waals surface area (Å²) in [5.41, 5.74) is 4.69. The molecule has 3 unspecified atom stereocenters. The zero-order chi connectivity index (χ0) is 24.4. The number of piperidine rings is 1. The number of benzene rings is 2. The number of carboxylic acids is 1. The Kier molecular flexibility index (Phi) is 6.75. The van der Waals surface area contributed by atoms with Crippen LogP contribution in [0.3, 0.4) is 0 Å². The quantitative estimate of drug-likeness (QED) is 0.644. The van der Waals surface area contributed by atoms with Gasteiger partial charge in [0.05, 0.1) is 5.92 Å². The molecule has 0 spiro atoms. The van der Waals surface area contributed by atoms with E-state index in [0.29, 0.717) is 13.1 Å². The number of hydrogen-bond acceptors (Lipinski definition) is 4. The number of likely N-dealkylation sites (tertiary alicyclic amines) is 1. The predicted octanol–water partition coefficient (Wildman–Crippen LogP) is 4.41. The first-order chi connectivity index (χ1) is 17.0. The van der Waals surface area contributed by atoms with Crippen molar-refractivity contribution in [1.82, 2.24) is 10.2 Å². The molecule has 2 aromatic rings. The van der Waals surface area contributed by atoms with Crippen LogP contribution in [0.25, 0.3) is 11.1 Å². The summed E-state index contributed by atoms with van der Waals surface area (Å²) in [5.74, 6) is -1.07. The van der Waals surface area contributed by atoms with Gasteiger partial charge in [-0.05, 0) is 53.9 Å². The van der Waals surface area contributed by atoms with Gasteiger partial charge < -0.3 is 20.1 Å². The highest BCUT2D eigenvalue weighted by Gasteiger charge is 2.38. The van der Waals surface area contributed by atoms with E-state index in [1.54, 1.807) is 4.90 Å². The predicted molar refractivity (Wildman–Crippen MR) is 131 cm³/mol. The van der Waals surface area contributed by atoms with Crippen LogP contribution in [0.4, 0.5) is 4.79 Å². The lowest BCUT2D eigenvalue weighted by molar-refractivity contribution is -0.142. The topological polar surface area (TPSA) is 95.9 Å². The van der Waals surface area contributed by atoms with E-state index in [1.165, 1.54) is 11.1 Å². The molecule has 1 aliphatic heterocycles. The molecule has 2 aromatic carbocycles. The number of nitrogens with zero attached hydrogens (tertiary/aromatic N) is 1. The normalized spacial score (nSPS) is 23.4. The fourth-order valence-electron chi connectivity index (χ4n) is 6.13. The molecular weight excluding hydrogens is 444 g/mol. The summed E-state index contributed by atoms with van der Waals surface area (Å²) in [7, 11) is 0. The van der Waals surface area contributed by atoms with Crippen LogP contribution in [0.15, 0.2) is 48.5 Å². The van der Waals surface area contributed by atoms with Crippen molar-refractivity contribution in [3.05, 3.63) is 59.7 Å². The highest BCUT2D eigenvalue weighted by Crippen LogP contribution is 2.44. The van der Waals surface area contributed by atoms with Gasteiger partial charge in [0.2, 0.25) is 5.91 Å². The van der Waals surface area contributed by atoms with Crippen LogP contribution >= 0.6 is 0 Å². The van der Waals surface area contributed by atoms with Crippen molar-refractivity contribution in [3.63, 3.8) is 0 Å². The summed E-state index contributed by atoms with van der Waals surface area (Å²) in [6.45, 7) is 1.39. The van der Waals surface area contributed by atoms with Crippen LogP contribution in [-0.2, 0) is 14.3 Å². The molecule has 3 aliphatic rings. The van der Waals surface area contributed by atoms with Crippen LogP contribution < -0.4 is 5.32 Å². The number of ether oxygens (including phenoxy) is 1. The van der Waals surface area contributed by atoms with Crippen LogP contribution in [0.2, 0.25) is 0 Å². The van der Waals surface area contributed by atoms with Gasteiger partial charge in [-0.25, -0.2) is 4.79 Å². The standard InChI is InChI=1S/C28H32N2O5/c31-26(32)15-18-7-6-14-30(16-18)27(33)23-12-5-13-25(23)29-28(34)35-17-24-21-10-3-1-8-19(21)20-9-2-4-11-22(20)24/h1-4,8-11,18,23-25H,5-7,12-17H2,(H,29,34)(H,31,32). The van der Waals surface area contributed by atoms with Gasteiger partial charge >= 0.3 is 12.1 Å². The first-order valence-electron chi connectivity index (χ1n) is 12.6. The molecule has 184 valence electrons. The molecule has 2 aliphatic carbocycles. The smallest absolute Gasteiger partial charge is 0.407 e. The number of carbonyl (C=O) groups is 3. The molecule has 1 saturated heterocycles. The Morgan fingerprint density at radius 3 is 2.31 bits per heavy atom. The SMILES string of the molecule is O=C(O)CC1CCCN(C(=O)C2CCCC2NC(=O)OCC2c3ccccc3-c3ccccc32)C1. The number of amides is 2. The third-order valence-corrected chi connectivity index (χ3v) is 7.77. The zero-order valence-electron chi connectivity index (χ0n) is 19.8. The van der Waals surface area contributed by atoms with Crippen molar-refractivity contribution >= 4 is 18.0 Å². The molecule has 0 radical (unpaired) electrons. The van der Waals surface area contributed by atoms with Gasteiger partial charge in [-0.15, -0.1) is 0 Å². The molecule has 3 atom stereocenters. The number of alkyl carbamates (subject to hydrolysis) is 1. The van der Waals surface area contributed by atoms with E-state index in [0.717, 1.165) is 43.2 Å².